The lowest BCUT2D eigenvalue weighted by molar-refractivity contribution is -0.645. The lowest BCUT2D eigenvalue weighted by atomic mass is 10.5. The zero-order valence-corrected chi connectivity index (χ0v) is 9.37. The van der Waals surface area contributed by atoms with Crippen LogP contribution in [0.5, 0.6) is 0 Å². The zero-order chi connectivity index (χ0) is 10.5. The number of pyridine rings is 2. The molecule has 0 fully saturated rings. The van der Waals surface area contributed by atoms with Crippen LogP contribution >= 0.6 is 21.6 Å². The third kappa shape index (κ3) is 2.87. The predicted molar refractivity (Wildman–Crippen MR) is 61.4 cm³/mol. The quantitative estimate of drug-likeness (QED) is 0.466. The van der Waals surface area contributed by atoms with Crippen LogP contribution < -0.4 is 4.73 Å². The average molecular weight is 236 g/mol. The maximum Gasteiger partial charge on any atom is 0.262 e. The monoisotopic (exact) mass is 236 g/mol. The summed E-state index contributed by atoms with van der Waals surface area (Å²) < 4.78 is 0.855. The minimum atomic E-state index is 0.673. The van der Waals surface area contributed by atoms with Crippen molar-refractivity contribution in [3.05, 3.63) is 54.1 Å². The van der Waals surface area contributed by atoms with Crippen molar-refractivity contribution in [2.75, 3.05) is 0 Å². The largest absolute Gasteiger partial charge is 0.618 e. The molecule has 76 valence electrons. The maximum absolute atomic E-state index is 11.3. The number of hydrogen-bond acceptors (Lipinski definition) is 4. The van der Waals surface area contributed by atoms with Crippen molar-refractivity contribution in [3.8, 4) is 0 Å². The Balaban J connectivity index is 2.03. The molecule has 15 heavy (non-hydrogen) atoms. The molecule has 0 atom stereocenters. The fourth-order valence-electron chi connectivity index (χ4n) is 0.964. The Kier molecular flexibility index (Phi) is 3.47. The van der Waals surface area contributed by atoms with E-state index in [4.69, 9.17) is 0 Å². The average Bonchev–Trinajstić information content (AvgIpc) is 2.29. The van der Waals surface area contributed by atoms with Crippen LogP contribution in [-0.4, -0.2) is 4.98 Å². The van der Waals surface area contributed by atoms with Crippen molar-refractivity contribution in [2.24, 2.45) is 0 Å². The second-order valence-corrected chi connectivity index (χ2v) is 4.94. The van der Waals surface area contributed by atoms with Gasteiger partial charge >= 0.3 is 0 Å². The highest BCUT2D eigenvalue weighted by atomic mass is 33.1. The minimum Gasteiger partial charge on any atom is -0.618 e. The fourth-order valence-corrected chi connectivity index (χ4v) is 2.88. The molecule has 0 saturated carbocycles. The van der Waals surface area contributed by atoms with E-state index in [0.717, 1.165) is 9.63 Å². The lowest BCUT2D eigenvalue weighted by Crippen LogP contribution is -2.27. The van der Waals surface area contributed by atoms with E-state index < -0.39 is 0 Å². The smallest absolute Gasteiger partial charge is 0.262 e. The van der Waals surface area contributed by atoms with Crippen molar-refractivity contribution in [3.63, 3.8) is 0 Å². The molecule has 0 N–H and O–H groups in total. The first-order chi connectivity index (χ1) is 7.36. The van der Waals surface area contributed by atoms with Gasteiger partial charge in [0.1, 0.15) is 0 Å². The molecule has 0 bridgehead atoms. The Hall–Kier alpha value is -1.20. The van der Waals surface area contributed by atoms with Crippen molar-refractivity contribution >= 4 is 21.6 Å². The highest BCUT2D eigenvalue weighted by Gasteiger charge is 2.05. The number of aromatic nitrogens is 2. The Morgan fingerprint density at radius 3 is 2.80 bits per heavy atom. The van der Waals surface area contributed by atoms with Crippen molar-refractivity contribution in [1.82, 2.24) is 4.98 Å². The molecule has 0 aromatic carbocycles. The van der Waals surface area contributed by atoms with Crippen LogP contribution in [0.4, 0.5) is 0 Å². The first-order valence-corrected chi connectivity index (χ1v) is 6.44. The molecule has 2 aromatic heterocycles. The summed E-state index contributed by atoms with van der Waals surface area (Å²) in [4.78, 5) is 5.03. The summed E-state index contributed by atoms with van der Waals surface area (Å²) in [5.41, 5.74) is 0. The number of nitrogens with zero attached hydrogens (tertiary/aromatic N) is 2. The van der Waals surface area contributed by atoms with Crippen molar-refractivity contribution in [1.29, 1.82) is 0 Å². The van der Waals surface area contributed by atoms with Gasteiger partial charge in [-0.1, -0.05) is 0 Å². The topological polar surface area (TPSA) is 39.8 Å². The third-order valence-electron chi connectivity index (χ3n) is 1.65. The van der Waals surface area contributed by atoms with Crippen LogP contribution in [0.25, 0.3) is 0 Å². The highest BCUT2D eigenvalue weighted by Crippen LogP contribution is 2.34. The summed E-state index contributed by atoms with van der Waals surface area (Å²) in [7, 11) is 2.95. The number of rotatable bonds is 3. The summed E-state index contributed by atoms with van der Waals surface area (Å²) in [6.07, 6.45) is 4.99. The van der Waals surface area contributed by atoms with Crippen molar-refractivity contribution in [2.45, 2.75) is 9.92 Å². The Morgan fingerprint density at radius 2 is 2.07 bits per heavy atom. The third-order valence-corrected chi connectivity index (χ3v) is 3.99. The molecule has 2 aromatic rings. The molecule has 0 amide bonds. The van der Waals surface area contributed by atoms with E-state index in [0.29, 0.717) is 5.03 Å². The molecule has 0 saturated heterocycles. The van der Waals surface area contributed by atoms with E-state index in [1.54, 1.807) is 24.5 Å². The van der Waals surface area contributed by atoms with Gasteiger partial charge < -0.3 is 5.21 Å². The Labute approximate surface area is 95.5 Å². The second-order valence-electron chi connectivity index (χ2n) is 2.72. The molecule has 0 spiro atoms. The van der Waals surface area contributed by atoms with E-state index in [1.165, 1.54) is 27.8 Å². The van der Waals surface area contributed by atoms with Crippen LogP contribution in [0.2, 0.25) is 0 Å². The van der Waals surface area contributed by atoms with Gasteiger partial charge in [0.2, 0.25) is 0 Å². The fraction of sp³-hybridized carbons (Fsp3) is 0. The van der Waals surface area contributed by atoms with Gasteiger partial charge in [-0.15, -0.1) is 0 Å². The molecule has 2 heterocycles. The lowest BCUT2D eigenvalue weighted by Gasteiger charge is -2.01. The molecule has 0 radical (unpaired) electrons. The second kappa shape index (κ2) is 5.04. The summed E-state index contributed by atoms with van der Waals surface area (Å²) in [6.45, 7) is 0. The summed E-state index contributed by atoms with van der Waals surface area (Å²) >= 11 is 0. The summed E-state index contributed by atoms with van der Waals surface area (Å²) in [5, 5.41) is 12.0. The van der Waals surface area contributed by atoms with E-state index >= 15 is 0 Å². The molecular weight excluding hydrogens is 228 g/mol. The van der Waals surface area contributed by atoms with Gasteiger partial charge in [-0.2, -0.15) is 4.73 Å². The van der Waals surface area contributed by atoms with Gasteiger partial charge in [-0.3, -0.25) is 4.98 Å². The first kappa shape index (κ1) is 10.3. The predicted octanol–water partition coefficient (Wildman–Crippen LogP) is 2.51. The van der Waals surface area contributed by atoms with Gasteiger partial charge in [0.15, 0.2) is 6.20 Å². The van der Waals surface area contributed by atoms with Gasteiger partial charge in [-0.25, -0.2) is 0 Å². The molecule has 0 unspecified atom stereocenters. The van der Waals surface area contributed by atoms with Crippen LogP contribution in [0.15, 0.2) is 58.8 Å². The molecule has 0 aliphatic rings. The molecular formula is C10H8N2OS2. The molecule has 5 heteroatoms. The van der Waals surface area contributed by atoms with Crippen LogP contribution in [0.1, 0.15) is 0 Å². The van der Waals surface area contributed by atoms with Crippen LogP contribution in [-0.2, 0) is 0 Å². The molecule has 0 aliphatic heterocycles. The first-order valence-electron chi connectivity index (χ1n) is 4.29. The van der Waals surface area contributed by atoms with Gasteiger partial charge in [0, 0.05) is 40.2 Å². The molecule has 0 aliphatic carbocycles. The van der Waals surface area contributed by atoms with E-state index in [9.17, 15) is 5.21 Å². The Bertz CT molecular complexity index is 436. The molecule has 2 rings (SSSR count). The van der Waals surface area contributed by atoms with Crippen LogP contribution in [0.3, 0.4) is 0 Å². The van der Waals surface area contributed by atoms with Gasteiger partial charge in [0.05, 0.1) is 0 Å². The van der Waals surface area contributed by atoms with Crippen LogP contribution in [0, 0.1) is 5.21 Å². The highest BCUT2D eigenvalue weighted by molar-refractivity contribution is 8.76. The SMILES string of the molecule is [O-][n+]1ccccc1SSc1cccnc1. The van der Waals surface area contributed by atoms with Gasteiger partial charge in [0.25, 0.3) is 5.03 Å². The van der Waals surface area contributed by atoms with E-state index in [2.05, 4.69) is 4.98 Å². The normalized spacial score (nSPS) is 10.1. The van der Waals surface area contributed by atoms with E-state index in [1.807, 2.05) is 18.2 Å². The zero-order valence-electron chi connectivity index (χ0n) is 7.74. The molecule has 3 nitrogen and oxygen atoms in total. The minimum absolute atomic E-state index is 0.673. The van der Waals surface area contributed by atoms with Crippen molar-refractivity contribution < 1.29 is 4.73 Å². The van der Waals surface area contributed by atoms with Gasteiger partial charge in [-0.05, 0) is 29.0 Å². The standard InChI is InChI=1S/C10H8N2OS2/c13-12-7-2-1-5-10(12)15-14-9-4-3-6-11-8-9/h1-8H. The maximum atomic E-state index is 11.3. The summed E-state index contributed by atoms with van der Waals surface area (Å²) in [5.74, 6) is 0. The number of hydrogen-bond donors (Lipinski definition) is 0. The summed E-state index contributed by atoms with van der Waals surface area (Å²) in [6, 6.07) is 9.19. The Morgan fingerprint density at radius 1 is 1.13 bits per heavy atom. The van der Waals surface area contributed by atoms with E-state index in [-0.39, 0.29) is 0 Å².